The molecule has 1 aliphatic heterocycles. The lowest BCUT2D eigenvalue weighted by Crippen LogP contribution is -2.23. The van der Waals surface area contributed by atoms with Crippen LogP contribution >= 0.6 is 0 Å². The van der Waals surface area contributed by atoms with E-state index >= 15 is 0 Å². The Morgan fingerprint density at radius 3 is 2.22 bits per heavy atom. The van der Waals surface area contributed by atoms with Gasteiger partial charge < -0.3 is 9.47 Å². The first-order valence-electron chi connectivity index (χ1n) is 3.25. The molecule has 0 N–H and O–H groups in total. The molecule has 2 nitrogen and oxygen atoms in total. The molecule has 2 rings (SSSR count). The third kappa shape index (κ3) is 0.784. The first-order chi connectivity index (χ1) is 4.31. The van der Waals surface area contributed by atoms with Gasteiger partial charge in [0.1, 0.15) is 13.2 Å². The summed E-state index contributed by atoms with van der Waals surface area (Å²) in [7, 11) is 0. The molecule has 2 heteroatoms. The summed E-state index contributed by atoms with van der Waals surface area (Å²) in [6.07, 6.45) is 2.53. The molecule has 0 radical (unpaired) electrons. The summed E-state index contributed by atoms with van der Waals surface area (Å²) >= 11 is 0. The first kappa shape index (κ1) is 5.15. The zero-order chi connectivity index (χ0) is 6.32. The Bertz CT molecular complexity index is 135. The molecule has 1 spiro atoms. The predicted molar refractivity (Wildman–Crippen MR) is 32.7 cm³/mol. The van der Waals surface area contributed by atoms with Gasteiger partial charge in [-0.15, -0.1) is 0 Å². The summed E-state index contributed by atoms with van der Waals surface area (Å²) in [6, 6.07) is 0. The third-order valence-corrected chi connectivity index (χ3v) is 2.04. The number of hydrogen-bond acceptors (Lipinski definition) is 2. The van der Waals surface area contributed by atoms with Gasteiger partial charge in [0, 0.05) is 5.41 Å². The van der Waals surface area contributed by atoms with Crippen molar-refractivity contribution in [3.05, 3.63) is 12.5 Å². The summed E-state index contributed by atoms with van der Waals surface area (Å²) in [5.74, 6) is 0.493. The average molecular weight is 126 g/mol. The van der Waals surface area contributed by atoms with E-state index in [0.29, 0.717) is 11.4 Å². The predicted octanol–water partition coefficient (Wildman–Crippen LogP) is 1.28. The molecule has 0 aromatic heterocycles. The van der Waals surface area contributed by atoms with E-state index in [1.165, 1.54) is 12.8 Å². The van der Waals surface area contributed by atoms with E-state index in [4.69, 9.17) is 9.47 Å². The van der Waals surface area contributed by atoms with Crippen LogP contribution in [-0.4, -0.2) is 13.2 Å². The molecule has 0 aromatic carbocycles. The molecule has 0 amide bonds. The first-order valence-corrected chi connectivity index (χ1v) is 3.25. The van der Waals surface area contributed by atoms with E-state index in [1.807, 2.05) is 0 Å². The molecule has 0 bridgehead atoms. The van der Waals surface area contributed by atoms with Gasteiger partial charge in [-0.2, -0.15) is 0 Å². The van der Waals surface area contributed by atoms with E-state index in [1.54, 1.807) is 0 Å². The molecule has 2 fully saturated rings. The molecule has 1 saturated carbocycles. The van der Waals surface area contributed by atoms with Crippen LogP contribution in [0, 0.1) is 5.41 Å². The van der Waals surface area contributed by atoms with Crippen molar-refractivity contribution in [3.63, 3.8) is 0 Å². The summed E-state index contributed by atoms with van der Waals surface area (Å²) in [5, 5.41) is 0. The highest BCUT2D eigenvalue weighted by atomic mass is 16.7. The molecule has 0 atom stereocenters. The quantitative estimate of drug-likeness (QED) is 0.487. The third-order valence-electron chi connectivity index (χ3n) is 2.04. The summed E-state index contributed by atoms with van der Waals surface area (Å²) in [5.41, 5.74) is 0.404. The van der Waals surface area contributed by atoms with Crippen molar-refractivity contribution in [3.8, 4) is 0 Å². The largest absolute Gasteiger partial charge is 0.465 e. The van der Waals surface area contributed by atoms with Crippen LogP contribution in [0.3, 0.4) is 0 Å². The van der Waals surface area contributed by atoms with E-state index in [9.17, 15) is 0 Å². The second-order valence-corrected chi connectivity index (χ2v) is 2.95. The summed E-state index contributed by atoms with van der Waals surface area (Å²) < 4.78 is 10.3. The van der Waals surface area contributed by atoms with Crippen molar-refractivity contribution in [1.29, 1.82) is 0 Å². The van der Waals surface area contributed by atoms with Crippen LogP contribution in [0.2, 0.25) is 0 Å². The smallest absolute Gasteiger partial charge is 0.271 e. The van der Waals surface area contributed by atoms with Crippen molar-refractivity contribution < 1.29 is 9.47 Å². The highest BCUT2D eigenvalue weighted by Crippen LogP contribution is 2.48. The van der Waals surface area contributed by atoms with Gasteiger partial charge in [-0.05, 0) is 19.4 Å². The van der Waals surface area contributed by atoms with Crippen LogP contribution in [0.15, 0.2) is 12.5 Å². The summed E-state index contributed by atoms with van der Waals surface area (Å²) in [4.78, 5) is 0. The van der Waals surface area contributed by atoms with Gasteiger partial charge >= 0.3 is 0 Å². The van der Waals surface area contributed by atoms with Crippen LogP contribution in [0.4, 0.5) is 0 Å². The molecular formula is C7H10O2. The monoisotopic (exact) mass is 126 g/mol. The van der Waals surface area contributed by atoms with Crippen LogP contribution in [0.25, 0.3) is 0 Å². The Kier molecular flexibility index (Phi) is 0.821. The number of rotatable bonds is 0. The number of ether oxygens (including phenoxy) is 2. The lowest BCUT2D eigenvalue weighted by Gasteiger charge is -2.23. The maximum atomic E-state index is 5.14. The van der Waals surface area contributed by atoms with Gasteiger partial charge in [0.15, 0.2) is 0 Å². The highest BCUT2D eigenvalue weighted by molar-refractivity contribution is 4.97. The fraction of sp³-hybridized carbons (Fsp3) is 0.714. The molecule has 0 unspecified atom stereocenters. The fourth-order valence-corrected chi connectivity index (χ4v) is 1.02. The van der Waals surface area contributed by atoms with Crippen molar-refractivity contribution in [2.75, 3.05) is 13.2 Å². The van der Waals surface area contributed by atoms with E-state index in [-0.39, 0.29) is 0 Å². The van der Waals surface area contributed by atoms with Crippen molar-refractivity contribution in [1.82, 2.24) is 0 Å². The molecule has 1 saturated heterocycles. The normalized spacial score (nSPS) is 29.1. The second kappa shape index (κ2) is 1.43. The van der Waals surface area contributed by atoms with Crippen molar-refractivity contribution >= 4 is 0 Å². The maximum Gasteiger partial charge on any atom is 0.271 e. The minimum Gasteiger partial charge on any atom is -0.465 e. The zero-order valence-corrected chi connectivity index (χ0v) is 5.35. The minimum atomic E-state index is 0.404. The van der Waals surface area contributed by atoms with Crippen LogP contribution < -0.4 is 0 Å². The van der Waals surface area contributed by atoms with E-state index < -0.39 is 0 Å². The Labute approximate surface area is 54.5 Å². The van der Waals surface area contributed by atoms with Gasteiger partial charge in [-0.3, -0.25) is 0 Å². The molecule has 9 heavy (non-hydrogen) atoms. The van der Waals surface area contributed by atoms with E-state index in [2.05, 4.69) is 6.58 Å². The van der Waals surface area contributed by atoms with Gasteiger partial charge in [-0.25, -0.2) is 0 Å². The minimum absolute atomic E-state index is 0.404. The lowest BCUT2D eigenvalue weighted by atomic mass is 10.1. The fourth-order valence-electron chi connectivity index (χ4n) is 1.02. The van der Waals surface area contributed by atoms with Gasteiger partial charge in [0.05, 0.1) is 0 Å². The zero-order valence-electron chi connectivity index (χ0n) is 5.35. The molecule has 1 heterocycles. The van der Waals surface area contributed by atoms with Crippen LogP contribution in [-0.2, 0) is 9.47 Å². The van der Waals surface area contributed by atoms with Gasteiger partial charge in [0.2, 0.25) is 0 Å². The van der Waals surface area contributed by atoms with Crippen molar-refractivity contribution in [2.24, 2.45) is 5.41 Å². The lowest BCUT2D eigenvalue weighted by molar-refractivity contribution is -0.0591. The van der Waals surface area contributed by atoms with Gasteiger partial charge in [-0.1, -0.05) is 0 Å². The number of hydrogen-bond donors (Lipinski definition) is 0. The average Bonchev–Trinajstić information content (AvgIpc) is 2.60. The summed E-state index contributed by atoms with van der Waals surface area (Å²) in [6.45, 7) is 5.21. The Balaban J connectivity index is 1.98. The molecule has 1 aliphatic carbocycles. The van der Waals surface area contributed by atoms with Crippen LogP contribution in [0.1, 0.15) is 12.8 Å². The molecule has 2 aliphatic rings. The van der Waals surface area contributed by atoms with Gasteiger partial charge in [0.25, 0.3) is 5.95 Å². The highest BCUT2D eigenvalue weighted by Gasteiger charge is 2.46. The Morgan fingerprint density at radius 2 is 1.78 bits per heavy atom. The van der Waals surface area contributed by atoms with Crippen molar-refractivity contribution in [2.45, 2.75) is 12.8 Å². The van der Waals surface area contributed by atoms with E-state index in [0.717, 1.165) is 13.2 Å². The Morgan fingerprint density at radius 1 is 1.22 bits per heavy atom. The second-order valence-electron chi connectivity index (χ2n) is 2.95. The SMILES string of the molecule is C=C1OCC2(CC2)CO1. The standard InChI is InChI=1S/C7H10O2/c1-6-8-4-7(2-3-7)5-9-6/h1-5H2. The maximum absolute atomic E-state index is 5.14. The van der Waals surface area contributed by atoms with Crippen LogP contribution in [0.5, 0.6) is 0 Å². The topological polar surface area (TPSA) is 18.5 Å². The Hall–Kier alpha value is -0.660. The molecular weight excluding hydrogens is 116 g/mol. The molecule has 50 valence electrons. The molecule has 0 aromatic rings.